The largest absolute Gasteiger partial charge is 0.387 e. The lowest BCUT2D eigenvalue weighted by molar-refractivity contribution is -0.0615. The van der Waals surface area contributed by atoms with Gasteiger partial charge in [-0.05, 0) is 24.6 Å². The van der Waals surface area contributed by atoms with Gasteiger partial charge in [0.2, 0.25) is 0 Å². The van der Waals surface area contributed by atoms with Gasteiger partial charge in [0.1, 0.15) is 37.1 Å². The molecule has 3 aromatic rings. The smallest absolute Gasteiger partial charge is 0.167 e. The summed E-state index contributed by atoms with van der Waals surface area (Å²) >= 11 is 0. The Labute approximate surface area is 171 Å². The second-order valence-corrected chi connectivity index (χ2v) is 6.90. The van der Waals surface area contributed by atoms with Crippen LogP contribution in [0.15, 0.2) is 30.9 Å². The fourth-order valence-electron chi connectivity index (χ4n) is 3.32. The van der Waals surface area contributed by atoms with E-state index in [1.165, 1.54) is 29.4 Å². The van der Waals surface area contributed by atoms with Gasteiger partial charge in [-0.25, -0.2) is 19.3 Å². The highest BCUT2D eigenvalue weighted by molar-refractivity contribution is 5.85. The minimum atomic E-state index is -1.22. The fraction of sp³-hybridized carbons (Fsp3) is 0.350. The van der Waals surface area contributed by atoms with Crippen LogP contribution in [0.25, 0.3) is 11.2 Å². The van der Waals surface area contributed by atoms with Gasteiger partial charge in [-0.3, -0.25) is 4.57 Å². The molecule has 3 heterocycles. The first kappa shape index (κ1) is 20.2. The molecule has 9 nitrogen and oxygen atoms in total. The molecular formula is C20H20FN5O4. The SMILES string of the molecule is C#CCOC[C@H]1O[C@@H](n2cnc3c(Nc4cc(F)ccc4C)ncnc32)[C@H](O)[C@@H]1O. The summed E-state index contributed by atoms with van der Waals surface area (Å²) in [5.74, 6) is 2.32. The van der Waals surface area contributed by atoms with E-state index < -0.39 is 24.5 Å². The summed E-state index contributed by atoms with van der Waals surface area (Å²) in [4.78, 5) is 12.8. The standard InChI is InChI=1S/C20H20FN5O4/c1-3-6-29-8-14-16(27)17(28)20(30-14)26-10-24-15-18(22-9-23-19(15)26)25-13-7-12(21)5-4-11(13)2/h1,4-5,7,9-10,14,16-17,20,27-28H,6,8H2,2H3,(H,22,23,25)/t14-,16-,17-,20-/m1/s1. The molecule has 1 aromatic carbocycles. The number of terminal acetylenes is 1. The van der Waals surface area contributed by atoms with Crippen LogP contribution in [0, 0.1) is 25.1 Å². The van der Waals surface area contributed by atoms with Crippen molar-refractivity contribution in [1.29, 1.82) is 0 Å². The maximum atomic E-state index is 13.6. The van der Waals surface area contributed by atoms with Crippen LogP contribution in [-0.4, -0.2) is 61.3 Å². The Hall–Kier alpha value is -3.10. The van der Waals surface area contributed by atoms with E-state index in [0.29, 0.717) is 22.7 Å². The molecule has 0 aliphatic carbocycles. The lowest BCUT2D eigenvalue weighted by Gasteiger charge is -2.16. The van der Waals surface area contributed by atoms with Gasteiger partial charge in [0.05, 0.1) is 12.9 Å². The summed E-state index contributed by atoms with van der Waals surface area (Å²) in [5, 5.41) is 23.8. The number of anilines is 2. The molecule has 1 fully saturated rings. The van der Waals surface area contributed by atoms with Crippen molar-refractivity contribution in [3.63, 3.8) is 0 Å². The van der Waals surface area contributed by atoms with Crippen molar-refractivity contribution in [2.45, 2.75) is 31.5 Å². The number of benzene rings is 1. The van der Waals surface area contributed by atoms with Gasteiger partial charge in [0.15, 0.2) is 23.2 Å². The van der Waals surface area contributed by atoms with Crippen LogP contribution in [0.5, 0.6) is 0 Å². The number of aliphatic hydroxyl groups is 2. The molecular weight excluding hydrogens is 393 g/mol. The molecule has 3 N–H and O–H groups in total. The first-order valence-corrected chi connectivity index (χ1v) is 9.23. The highest BCUT2D eigenvalue weighted by Gasteiger charge is 2.44. The Morgan fingerprint density at radius 1 is 1.30 bits per heavy atom. The first-order valence-electron chi connectivity index (χ1n) is 9.23. The fourth-order valence-corrected chi connectivity index (χ4v) is 3.32. The van der Waals surface area contributed by atoms with Gasteiger partial charge >= 0.3 is 0 Å². The number of aromatic nitrogens is 4. The highest BCUT2D eigenvalue weighted by Crippen LogP contribution is 2.33. The van der Waals surface area contributed by atoms with E-state index in [1.54, 1.807) is 6.07 Å². The number of ether oxygens (including phenoxy) is 2. The Bertz CT molecular complexity index is 1100. The topological polar surface area (TPSA) is 115 Å². The van der Waals surface area contributed by atoms with Crippen LogP contribution in [0.3, 0.4) is 0 Å². The van der Waals surface area contributed by atoms with E-state index in [1.807, 2.05) is 6.92 Å². The van der Waals surface area contributed by atoms with Crippen molar-refractivity contribution in [1.82, 2.24) is 19.5 Å². The average molecular weight is 413 g/mol. The van der Waals surface area contributed by atoms with Crippen LogP contribution >= 0.6 is 0 Å². The average Bonchev–Trinajstić information content (AvgIpc) is 3.28. The van der Waals surface area contributed by atoms with Crippen LogP contribution in [0.2, 0.25) is 0 Å². The molecule has 0 saturated carbocycles. The lowest BCUT2D eigenvalue weighted by atomic mass is 10.1. The minimum Gasteiger partial charge on any atom is -0.387 e. The van der Waals surface area contributed by atoms with Crippen molar-refractivity contribution >= 4 is 22.7 Å². The van der Waals surface area contributed by atoms with Crippen molar-refractivity contribution < 1.29 is 24.1 Å². The molecule has 1 aliphatic heterocycles. The van der Waals surface area contributed by atoms with Gasteiger partial charge in [-0.15, -0.1) is 6.42 Å². The Morgan fingerprint density at radius 3 is 2.93 bits per heavy atom. The van der Waals surface area contributed by atoms with Crippen LogP contribution in [-0.2, 0) is 9.47 Å². The molecule has 30 heavy (non-hydrogen) atoms. The number of aliphatic hydroxyl groups excluding tert-OH is 2. The van der Waals surface area contributed by atoms with E-state index >= 15 is 0 Å². The number of fused-ring (bicyclic) bond motifs is 1. The molecule has 0 radical (unpaired) electrons. The number of hydrogen-bond donors (Lipinski definition) is 3. The molecule has 10 heteroatoms. The summed E-state index contributed by atoms with van der Waals surface area (Å²) in [6, 6.07) is 4.39. The predicted octanol–water partition coefficient (Wildman–Crippen LogP) is 1.29. The van der Waals surface area contributed by atoms with E-state index in [2.05, 4.69) is 26.2 Å². The number of aryl methyl sites for hydroxylation is 1. The van der Waals surface area contributed by atoms with E-state index in [4.69, 9.17) is 15.9 Å². The number of rotatable bonds is 6. The molecule has 0 bridgehead atoms. The number of imidazole rings is 1. The number of nitrogens with one attached hydrogen (secondary N) is 1. The van der Waals surface area contributed by atoms with Gasteiger partial charge in [-0.1, -0.05) is 12.0 Å². The maximum absolute atomic E-state index is 13.6. The summed E-state index contributed by atoms with van der Waals surface area (Å²) < 4.78 is 26.1. The number of halogens is 1. The molecule has 156 valence electrons. The van der Waals surface area contributed by atoms with Crippen LogP contribution in [0.4, 0.5) is 15.9 Å². The first-order chi connectivity index (χ1) is 14.5. The zero-order valence-electron chi connectivity index (χ0n) is 16.1. The molecule has 1 saturated heterocycles. The summed E-state index contributed by atoms with van der Waals surface area (Å²) in [5.41, 5.74) is 2.15. The third kappa shape index (κ3) is 3.71. The van der Waals surface area contributed by atoms with E-state index in [9.17, 15) is 14.6 Å². The Morgan fingerprint density at radius 2 is 2.13 bits per heavy atom. The van der Waals surface area contributed by atoms with Crippen molar-refractivity contribution in [2.24, 2.45) is 0 Å². The van der Waals surface area contributed by atoms with Gasteiger partial charge in [-0.2, -0.15) is 0 Å². The second kappa shape index (κ2) is 8.33. The number of nitrogens with zero attached hydrogens (tertiary/aromatic N) is 4. The number of hydrogen-bond acceptors (Lipinski definition) is 8. The Kier molecular flexibility index (Phi) is 5.61. The van der Waals surface area contributed by atoms with Gasteiger partial charge < -0.3 is 25.0 Å². The highest BCUT2D eigenvalue weighted by atomic mass is 19.1. The summed E-state index contributed by atoms with van der Waals surface area (Å²) in [6.45, 7) is 1.95. The van der Waals surface area contributed by atoms with E-state index in [-0.39, 0.29) is 19.0 Å². The Balaban J connectivity index is 1.62. The normalized spacial score (nSPS) is 23.6. The van der Waals surface area contributed by atoms with Crippen molar-refractivity contribution in [3.8, 4) is 12.3 Å². The monoisotopic (exact) mass is 413 g/mol. The molecule has 2 aromatic heterocycles. The molecule has 4 atom stereocenters. The quantitative estimate of drug-likeness (QED) is 0.409. The zero-order chi connectivity index (χ0) is 21.3. The maximum Gasteiger partial charge on any atom is 0.167 e. The lowest BCUT2D eigenvalue weighted by Crippen LogP contribution is -2.33. The molecule has 0 spiro atoms. The van der Waals surface area contributed by atoms with Crippen LogP contribution < -0.4 is 5.32 Å². The zero-order valence-corrected chi connectivity index (χ0v) is 16.1. The third-order valence-electron chi connectivity index (χ3n) is 4.89. The summed E-state index contributed by atoms with van der Waals surface area (Å²) in [6.07, 6.45) is 3.83. The molecule has 1 aliphatic rings. The molecule has 0 unspecified atom stereocenters. The molecule has 0 amide bonds. The molecule has 4 rings (SSSR count). The van der Waals surface area contributed by atoms with Crippen molar-refractivity contribution in [2.75, 3.05) is 18.5 Å². The van der Waals surface area contributed by atoms with Crippen LogP contribution in [0.1, 0.15) is 11.8 Å². The van der Waals surface area contributed by atoms with E-state index in [0.717, 1.165) is 5.56 Å². The van der Waals surface area contributed by atoms with Gasteiger partial charge in [0, 0.05) is 5.69 Å². The third-order valence-corrected chi connectivity index (χ3v) is 4.89. The predicted molar refractivity (Wildman–Crippen MR) is 105 cm³/mol. The van der Waals surface area contributed by atoms with Gasteiger partial charge in [0.25, 0.3) is 0 Å². The summed E-state index contributed by atoms with van der Waals surface area (Å²) in [7, 11) is 0. The second-order valence-electron chi connectivity index (χ2n) is 6.90. The van der Waals surface area contributed by atoms with Crippen molar-refractivity contribution in [3.05, 3.63) is 42.2 Å². The minimum absolute atomic E-state index is 0.0339.